The van der Waals surface area contributed by atoms with Gasteiger partial charge in [-0.25, -0.2) is 0 Å². The minimum Gasteiger partial charge on any atom is -0.377 e. The second-order valence-corrected chi connectivity index (χ2v) is 6.36. The van der Waals surface area contributed by atoms with E-state index in [1.165, 1.54) is 12.2 Å². The lowest BCUT2D eigenvalue weighted by atomic mass is 9.91. The number of hydrogen-bond donors (Lipinski definition) is 1. The summed E-state index contributed by atoms with van der Waals surface area (Å²) < 4.78 is 5.61. The molecule has 0 radical (unpaired) electrons. The lowest BCUT2D eigenvalue weighted by molar-refractivity contribution is 0.0360. The summed E-state index contributed by atoms with van der Waals surface area (Å²) in [6.45, 7) is 8.97. The number of likely N-dealkylation sites (N-methyl/N-ethyl adjacent to an activating group) is 1. The van der Waals surface area contributed by atoms with Gasteiger partial charge in [-0.3, -0.25) is 4.90 Å². The standard InChI is InChI=1S/C12H26N2OS/c1-10(2)15-7-6-14(4)12(9-13)5-8-16-11(12)3/h10-11H,5-9,13H2,1-4H3. The van der Waals surface area contributed by atoms with Crippen molar-refractivity contribution in [2.75, 3.05) is 32.5 Å². The maximum absolute atomic E-state index is 6.00. The first-order valence-electron chi connectivity index (χ1n) is 6.17. The van der Waals surface area contributed by atoms with Crippen LogP contribution in [0.5, 0.6) is 0 Å². The Morgan fingerprint density at radius 1 is 1.56 bits per heavy atom. The van der Waals surface area contributed by atoms with Gasteiger partial charge < -0.3 is 10.5 Å². The third-order valence-corrected chi connectivity index (χ3v) is 5.03. The van der Waals surface area contributed by atoms with E-state index in [2.05, 4.69) is 32.7 Å². The molecule has 2 unspecified atom stereocenters. The van der Waals surface area contributed by atoms with Crippen LogP contribution in [0.2, 0.25) is 0 Å². The number of rotatable bonds is 6. The SMILES string of the molecule is CC(C)OCCN(C)C1(CN)CCSC1C. The second kappa shape index (κ2) is 6.24. The van der Waals surface area contributed by atoms with E-state index in [1.807, 2.05) is 11.8 Å². The van der Waals surface area contributed by atoms with E-state index in [-0.39, 0.29) is 5.54 Å². The zero-order valence-electron chi connectivity index (χ0n) is 11.0. The van der Waals surface area contributed by atoms with Crippen LogP contribution in [0.1, 0.15) is 27.2 Å². The Hall–Kier alpha value is 0.230. The fourth-order valence-corrected chi connectivity index (χ4v) is 3.87. The van der Waals surface area contributed by atoms with E-state index in [0.717, 1.165) is 19.7 Å². The van der Waals surface area contributed by atoms with Gasteiger partial charge in [-0.2, -0.15) is 11.8 Å². The molecule has 1 saturated heterocycles. The molecule has 1 rings (SSSR count). The minimum absolute atomic E-state index is 0.186. The van der Waals surface area contributed by atoms with E-state index in [0.29, 0.717) is 11.4 Å². The quantitative estimate of drug-likeness (QED) is 0.772. The van der Waals surface area contributed by atoms with Gasteiger partial charge in [0.05, 0.1) is 12.7 Å². The summed E-state index contributed by atoms with van der Waals surface area (Å²) in [6, 6.07) is 0. The van der Waals surface area contributed by atoms with E-state index < -0.39 is 0 Å². The van der Waals surface area contributed by atoms with Crippen LogP contribution >= 0.6 is 11.8 Å². The lowest BCUT2D eigenvalue weighted by Crippen LogP contribution is -2.56. The van der Waals surface area contributed by atoms with Crippen LogP contribution < -0.4 is 5.73 Å². The molecule has 2 N–H and O–H groups in total. The van der Waals surface area contributed by atoms with Crippen molar-refractivity contribution >= 4 is 11.8 Å². The monoisotopic (exact) mass is 246 g/mol. The van der Waals surface area contributed by atoms with Crippen molar-refractivity contribution < 1.29 is 4.74 Å². The van der Waals surface area contributed by atoms with Crippen LogP contribution in [-0.4, -0.2) is 54.3 Å². The van der Waals surface area contributed by atoms with Crippen molar-refractivity contribution in [3.8, 4) is 0 Å². The molecular formula is C12H26N2OS. The highest BCUT2D eigenvalue weighted by atomic mass is 32.2. The summed E-state index contributed by atoms with van der Waals surface area (Å²) >= 11 is 2.03. The molecule has 0 saturated carbocycles. The summed E-state index contributed by atoms with van der Waals surface area (Å²) in [4.78, 5) is 2.40. The van der Waals surface area contributed by atoms with Gasteiger partial charge in [0, 0.05) is 23.9 Å². The Morgan fingerprint density at radius 3 is 2.69 bits per heavy atom. The molecule has 0 bridgehead atoms. The third-order valence-electron chi connectivity index (χ3n) is 3.65. The molecule has 1 aliphatic rings. The smallest absolute Gasteiger partial charge is 0.0597 e. The van der Waals surface area contributed by atoms with Crippen LogP contribution in [0.4, 0.5) is 0 Å². The van der Waals surface area contributed by atoms with E-state index >= 15 is 0 Å². The zero-order valence-corrected chi connectivity index (χ0v) is 11.8. The molecule has 0 aromatic carbocycles. The second-order valence-electron chi connectivity index (χ2n) is 4.91. The van der Waals surface area contributed by atoms with Crippen molar-refractivity contribution in [2.45, 2.75) is 44.1 Å². The topological polar surface area (TPSA) is 38.5 Å². The highest BCUT2D eigenvalue weighted by Crippen LogP contribution is 2.38. The normalized spacial score (nSPS) is 30.6. The van der Waals surface area contributed by atoms with Crippen molar-refractivity contribution in [2.24, 2.45) is 5.73 Å². The Bertz CT molecular complexity index is 213. The number of hydrogen-bond acceptors (Lipinski definition) is 4. The molecule has 1 heterocycles. The first kappa shape index (κ1) is 14.3. The molecule has 4 heteroatoms. The van der Waals surface area contributed by atoms with Crippen molar-refractivity contribution in [1.29, 1.82) is 0 Å². The molecule has 96 valence electrons. The molecule has 2 atom stereocenters. The Balaban J connectivity index is 2.46. The molecule has 0 spiro atoms. The van der Waals surface area contributed by atoms with Gasteiger partial charge in [-0.05, 0) is 33.1 Å². The minimum atomic E-state index is 0.186. The molecule has 1 aliphatic heterocycles. The molecule has 16 heavy (non-hydrogen) atoms. The average Bonchev–Trinajstić information content (AvgIpc) is 2.60. The van der Waals surface area contributed by atoms with Crippen molar-refractivity contribution in [3.63, 3.8) is 0 Å². The van der Waals surface area contributed by atoms with Gasteiger partial charge in [0.1, 0.15) is 0 Å². The van der Waals surface area contributed by atoms with Gasteiger partial charge in [-0.15, -0.1) is 0 Å². The first-order chi connectivity index (χ1) is 7.53. The van der Waals surface area contributed by atoms with Crippen LogP contribution in [0.15, 0.2) is 0 Å². The van der Waals surface area contributed by atoms with Crippen LogP contribution in [0.3, 0.4) is 0 Å². The number of thioether (sulfide) groups is 1. The Morgan fingerprint density at radius 2 is 2.25 bits per heavy atom. The lowest BCUT2D eigenvalue weighted by Gasteiger charge is -2.41. The Kier molecular flexibility index (Phi) is 5.57. The van der Waals surface area contributed by atoms with Crippen molar-refractivity contribution in [3.05, 3.63) is 0 Å². The van der Waals surface area contributed by atoms with Crippen molar-refractivity contribution in [1.82, 2.24) is 4.90 Å². The predicted octanol–water partition coefficient (Wildman–Crippen LogP) is 1.57. The maximum Gasteiger partial charge on any atom is 0.0597 e. The first-order valence-corrected chi connectivity index (χ1v) is 7.22. The predicted molar refractivity (Wildman–Crippen MR) is 72.0 cm³/mol. The number of nitrogens with two attached hydrogens (primary N) is 1. The summed E-state index contributed by atoms with van der Waals surface area (Å²) in [5.41, 5.74) is 6.18. The Labute approximate surface area is 104 Å². The van der Waals surface area contributed by atoms with Gasteiger partial charge in [-0.1, -0.05) is 6.92 Å². The number of ether oxygens (including phenoxy) is 1. The highest BCUT2D eigenvalue weighted by molar-refractivity contribution is 8.00. The molecule has 0 aromatic heterocycles. The molecule has 0 aromatic rings. The highest BCUT2D eigenvalue weighted by Gasteiger charge is 2.42. The molecule has 3 nitrogen and oxygen atoms in total. The summed E-state index contributed by atoms with van der Waals surface area (Å²) in [6.07, 6.45) is 1.52. The maximum atomic E-state index is 6.00. The fourth-order valence-electron chi connectivity index (χ4n) is 2.34. The third kappa shape index (κ3) is 3.13. The number of nitrogens with zero attached hydrogens (tertiary/aromatic N) is 1. The fraction of sp³-hybridized carbons (Fsp3) is 1.00. The zero-order chi connectivity index (χ0) is 12.2. The summed E-state index contributed by atoms with van der Waals surface area (Å²) in [5.74, 6) is 1.23. The average molecular weight is 246 g/mol. The van der Waals surface area contributed by atoms with Crippen LogP contribution in [0, 0.1) is 0 Å². The summed E-state index contributed by atoms with van der Waals surface area (Å²) in [5, 5.41) is 0.626. The van der Waals surface area contributed by atoms with Gasteiger partial charge in [0.15, 0.2) is 0 Å². The van der Waals surface area contributed by atoms with E-state index in [9.17, 15) is 0 Å². The summed E-state index contributed by atoms with van der Waals surface area (Å²) in [7, 11) is 2.18. The molecule has 1 fully saturated rings. The van der Waals surface area contributed by atoms with Gasteiger partial charge in [0.2, 0.25) is 0 Å². The van der Waals surface area contributed by atoms with Crippen LogP contribution in [0.25, 0.3) is 0 Å². The largest absolute Gasteiger partial charge is 0.377 e. The van der Waals surface area contributed by atoms with Gasteiger partial charge in [0.25, 0.3) is 0 Å². The van der Waals surface area contributed by atoms with Crippen LogP contribution in [-0.2, 0) is 4.74 Å². The van der Waals surface area contributed by atoms with E-state index in [4.69, 9.17) is 10.5 Å². The van der Waals surface area contributed by atoms with E-state index in [1.54, 1.807) is 0 Å². The molecule has 0 aliphatic carbocycles. The molecule has 0 amide bonds. The molecular weight excluding hydrogens is 220 g/mol. The van der Waals surface area contributed by atoms with Gasteiger partial charge >= 0.3 is 0 Å².